The number of amides is 2. The standard InChI is InChI=1S/C34H31N7O4S2/c1-21-7-10-24(11-8-21)29-18-27(30-5-4-16-46-30)38-40(29)32(42)20-47-34-37-36-31(39(34)28-17-22(2)6-9-23(28)3)19-35-33(43)25-12-14-26(15-13-25)41(44)45/h4-17,29H,18-20H2,1-3H3,(H,35,43)/t29-/m1/s1. The molecule has 0 saturated carbocycles. The maximum absolute atomic E-state index is 13.8. The van der Waals surface area contributed by atoms with Gasteiger partial charge < -0.3 is 5.32 Å². The molecule has 1 N–H and O–H groups in total. The minimum atomic E-state index is -0.514. The van der Waals surface area contributed by atoms with E-state index in [1.807, 2.05) is 73.2 Å². The molecule has 1 aliphatic rings. The molecule has 0 saturated heterocycles. The van der Waals surface area contributed by atoms with E-state index in [2.05, 4.69) is 27.6 Å². The van der Waals surface area contributed by atoms with Crippen molar-refractivity contribution >= 4 is 46.3 Å². The molecule has 0 fully saturated rings. The van der Waals surface area contributed by atoms with E-state index < -0.39 is 10.8 Å². The molecular weight excluding hydrogens is 635 g/mol. The Balaban J connectivity index is 1.24. The average molecular weight is 666 g/mol. The molecule has 47 heavy (non-hydrogen) atoms. The van der Waals surface area contributed by atoms with E-state index in [1.165, 1.54) is 36.0 Å². The molecule has 0 bridgehead atoms. The van der Waals surface area contributed by atoms with Gasteiger partial charge in [0.2, 0.25) is 0 Å². The molecule has 0 radical (unpaired) electrons. The zero-order chi connectivity index (χ0) is 33.1. The predicted molar refractivity (Wildman–Crippen MR) is 182 cm³/mol. The molecule has 2 amide bonds. The number of thioether (sulfide) groups is 1. The van der Waals surface area contributed by atoms with Gasteiger partial charge in [0.25, 0.3) is 17.5 Å². The number of carbonyl (C=O) groups excluding carboxylic acids is 2. The third-order valence-electron chi connectivity index (χ3n) is 7.81. The van der Waals surface area contributed by atoms with E-state index in [9.17, 15) is 19.7 Å². The van der Waals surface area contributed by atoms with Crippen LogP contribution in [0.2, 0.25) is 0 Å². The number of carbonyl (C=O) groups is 2. The number of nitro groups is 1. The van der Waals surface area contributed by atoms with Crippen LogP contribution in [0, 0.1) is 30.9 Å². The number of hydrogen-bond donors (Lipinski definition) is 1. The highest BCUT2D eigenvalue weighted by Crippen LogP contribution is 2.35. The number of nitro benzene ring substituents is 1. The summed E-state index contributed by atoms with van der Waals surface area (Å²) >= 11 is 2.86. The highest BCUT2D eigenvalue weighted by molar-refractivity contribution is 7.99. The Labute approximate surface area is 279 Å². The van der Waals surface area contributed by atoms with Crippen molar-refractivity contribution in [1.29, 1.82) is 0 Å². The number of thiophene rings is 1. The largest absolute Gasteiger partial charge is 0.345 e. The number of benzene rings is 3. The summed E-state index contributed by atoms with van der Waals surface area (Å²) in [7, 11) is 0. The molecule has 238 valence electrons. The smallest absolute Gasteiger partial charge is 0.269 e. The van der Waals surface area contributed by atoms with Crippen LogP contribution in [0.5, 0.6) is 0 Å². The molecule has 5 aromatic rings. The molecule has 1 aliphatic heterocycles. The molecular formula is C34H31N7O4S2. The van der Waals surface area contributed by atoms with Crippen LogP contribution in [-0.4, -0.2) is 48.0 Å². The number of nitrogens with one attached hydrogen (secondary N) is 1. The normalized spacial score (nSPS) is 14.2. The fourth-order valence-electron chi connectivity index (χ4n) is 5.28. The Kier molecular flexibility index (Phi) is 9.27. The summed E-state index contributed by atoms with van der Waals surface area (Å²) in [4.78, 5) is 38.3. The van der Waals surface area contributed by atoms with Crippen LogP contribution < -0.4 is 5.32 Å². The minimum Gasteiger partial charge on any atom is -0.345 e. The monoisotopic (exact) mass is 665 g/mol. The van der Waals surface area contributed by atoms with Crippen molar-refractivity contribution in [2.45, 2.75) is 44.9 Å². The van der Waals surface area contributed by atoms with Gasteiger partial charge in [-0.2, -0.15) is 5.10 Å². The van der Waals surface area contributed by atoms with Crippen LogP contribution in [0.15, 0.2) is 94.5 Å². The maximum Gasteiger partial charge on any atom is 0.269 e. The van der Waals surface area contributed by atoms with E-state index in [4.69, 9.17) is 5.10 Å². The van der Waals surface area contributed by atoms with Crippen LogP contribution >= 0.6 is 23.1 Å². The van der Waals surface area contributed by atoms with Gasteiger partial charge in [0, 0.05) is 24.1 Å². The van der Waals surface area contributed by atoms with Gasteiger partial charge in [-0.1, -0.05) is 59.8 Å². The van der Waals surface area contributed by atoms with Gasteiger partial charge >= 0.3 is 0 Å². The Bertz CT molecular complexity index is 1970. The number of rotatable bonds is 10. The molecule has 1 atom stereocenters. The number of hydrazone groups is 1. The second-order valence-corrected chi connectivity index (χ2v) is 13.1. The lowest BCUT2D eigenvalue weighted by atomic mass is 10.00. The second kappa shape index (κ2) is 13.7. The van der Waals surface area contributed by atoms with E-state index in [0.717, 1.165) is 38.5 Å². The topological polar surface area (TPSA) is 136 Å². The van der Waals surface area contributed by atoms with Crippen LogP contribution in [-0.2, 0) is 11.3 Å². The number of non-ortho nitro benzene ring substituents is 1. The Hall–Kier alpha value is -5.14. The lowest BCUT2D eigenvalue weighted by molar-refractivity contribution is -0.384. The first kappa shape index (κ1) is 31.8. The minimum absolute atomic E-state index is 0.0425. The van der Waals surface area contributed by atoms with Crippen LogP contribution in [0.3, 0.4) is 0 Å². The molecule has 6 rings (SSSR count). The molecule has 11 nitrogen and oxygen atoms in total. The number of hydrogen-bond acceptors (Lipinski definition) is 9. The summed E-state index contributed by atoms with van der Waals surface area (Å²) in [5, 5.41) is 31.6. The zero-order valence-corrected chi connectivity index (χ0v) is 27.5. The van der Waals surface area contributed by atoms with Gasteiger partial charge in [-0.3, -0.25) is 24.3 Å². The fraction of sp³-hybridized carbons (Fsp3) is 0.206. The van der Waals surface area contributed by atoms with Gasteiger partial charge in [-0.15, -0.1) is 21.5 Å². The number of aryl methyl sites for hydroxylation is 3. The van der Waals surface area contributed by atoms with E-state index in [0.29, 0.717) is 17.4 Å². The van der Waals surface area contributed by atoms with Crippen LogP contribution in [0.1, 0.15) is 55.8 Å². The summed E-state index contributed by atoms with van der Waals surface area (Å²) in [6.07, 6.45) is 0.622. The Morgan fingerprint density at radius 2 is 1.74 bits per heavy atom. The summed E-state index contributed by atoms with van der Waals surface area (Å²) < 4.78 is 1.86. The fourth-order valence-corrected chi connectivity index (χ4v) is 6.82. The first-order valence-corrected chi connectivity index (χ1v) is 16.7. The first-order chi connectivity index (χ1) is 22.7. The van der Waals surface area contributed by atoms with E-state index in [-0.39, 0.29) is 35.5 Å². The summed E-state index contributed by atoms with van der Waals surface area (Å²) in [6.45, 7) is 6.04. The third-order valence-corrected chi connectivity index (χ3v) is 9.64. The Morgan fingerprint density at radius 1 is 1.00 bits per heavy atom. The second-order valence-electron chi connectivity index (χ2n) is 11.2. The maximum atomic E-state index is 13.8. The lowest BCUT2D eigenvalue weighted by Crippen LogP contribution is -2.28. The average Bonchev–Trinajstić information content (AvgIpc) is 3.84. The molecule has 3 aromatic carbocycles. The first-order valence-electron chi connectivity index (χ1n) is 14.9. The van der Waals surface area contributed by atoms with Gasteiger partial charge in [-0.25, -0.2) is 5.01 Å². The van der Waals surface area contributed by atoms with Crippen molar-refractivity contribution in [2.75, 3.05) is 5.75 Å². The van der Waals surface area contributed by atoms with Gasteiger partial charge in [0.15, 0.2) is 11.0 Å². The molecule has 13 heteroatoms. The van der Waals surface area contributed by atoms with Crippen molar-refractivity contribution in [3.05, 3.63) is 133 Å². The van der Waals surface area contributed by atoms with Gasteiger partial charge in [0.05, 0.1) is 39.5 Å². The van der Waals surface area contributed by atoms with Crippen molar-refractivity contribution in [3.63, 3.8) is 0 Å². The third kappa shape index (κ3) is 7.00. The van der Waals surface area contributed by atoms with E-state index >= 15 is 0 Å². The van der Waals surface area contributed by atoms with Gasteiger partial charge in [-0.05, 0) is 67.1 Å². The van der Waals surface area contributed by atoms with Crippen molar-refractivity contribution < 1.29 is 14.5 Å². The summed E-state index contributed by atoms with van der Waals surface area (Å²) in [5.41, 5.74) is 6.06. The Morgan fingerprint density at radius 3 is 2.45 bits per heavy atom. The zero-order valence-electron chi connectivity index (χ0n) is 25.9. The SMILES string of the molecule is Cc1ccc([C@H]2CC(c3cccs3)=NN2C(=O)CSc2nnc(CNC(=O)c3ccc([N+](=O)[O-])cc3)n2-c2cc(C)ccc2C)cc1. The number of nitrogens with zero attached hydrogens (tertiary/aromatic N) is 6. The lowest BCUT2D eigenvalue weighted by Gasteiger charge is -2.22. The molecule has 0 aliphatic carbocycles. The van der Waals surface area contributed by atoms with Crippen molar-refractivity contribution in [2.24, 2.45) is 5.10 Å². The summed E-state index contributed by atoms with van der Waals surface area (Å²) in [5.74, 6) is -0.0199. The van der Waals surface area contributed by atoms with Crippen molar-refractivity contribution in [3.8, 4) is 5.69 Å². The number of aromatic nitrogens is 3. The molecule has 3 heterocycles. The van der Waals surface area contributed by atoms with Gasteiger partial charge in [0.1, 0.15) is 0 Å². The molecule has 0 unspecified atom stereocenters. The predicted octanol–water partition coefficient (Wildman–Crippen LogP) is 6.56. The molecule has 0 spiro atoms. The van der Waals surface area contributed by atoms with Crippen LogP contribution in [0.4, 0.5) is 5.69 Å². The molecule has 2 aromatic heterocycles. The highest BCUT2D eigenvalue weighted by Gasteiger charge is 2.33. The summed E-state index contributed by atoms with van der Waals surface area (Å²) in [6, 6.07) is 23.4. The quantitative estimate of drug-likeness (QED) is 0.101. The highest BCUT2D eigenvalue weighted by atomic mass is 32.2. The van der Waals surface area contributed by atoms with Crippen LogP contribution in [0.25, 0.3) is 5.69 Å². The van der Waals surface area contributed by atoms with E-state index in [1.54, 1.807) is 16.3 Å². The van der Waals surface area contributed by atoms with Crippen molar-refractivity contribution in [1.82, 2.24) is 25.1 Å².